The van der Waals surface area contributed by atoms with Crippen LogP contribution in [0, 0.1) is 5.82 Å². The summed E-state index contributed by atoms with van der Waals surface area (Å²) in [6.07, 6.45) is 1.57. The topological polar surface area (TPSA) is 75.5 Å². The predicted octanol–water partition coefficient (Wildman–Crippen LogP) is 3.55. The number of rotatable bonds is 5. The third-order valence-corrected chi connectivity index (χ3v) is 8.21. The van der Waals surface area contributed by atoms with Crippen molar-refractivity contribution in [2.45, 2.75) is 19.1 Å². The first-order chi connectivity index (χ1) is 15.7. The van der Waals surface area contributed by atoms with Crippen LogP contribution in [0.1, 0.15) is 13.8 Å². The second-order valence-electron chi connectivity index (χ2n) is 8.09. The van der Waals surface area contributed by atoms with Crippen LogP contribution in [0.15, 0.2) is 59.5 Å². The van der Waals surface area contributed by atoms with Crippen LogP contribution in [0.25, 0.3) is 16.8 Å². The lowest BCUT2D eigenvalue weighted by atomic mass is 10.1. The third kappa shape index (κ3) is 4.66. The van der Waals surface area contributed by atoms with E-state index in [0.29, 0.717) is 53.7 Å². The molecule has 7 nitrogen and oxygen atoms in total. The normalized spacial score (nSPS) is 15.2. The van der Waals surface area contributed by atoms with E-state index in [9.17, 15) is 17.6 Å². The molecule has 1 fully saturated rings. The Bertz CT molecular complexity index is 1320. The minimum Gasteiger partial charge on any atom is -0.367 e. The van der Waals surface area contributed by atoms with Gasteiger partial charge in [0, 0.05) is 31.2 Å². The lowest BCUT2D eigenvalue weighted by Gasteiger charge is -2.36. The third-order valence-electron chi connectivity index (χ3n) is 5.68. The average Bonchev–Trinajstić information content (AvgIpc) is 2.79. The predicted molar refractivity (Wildman–Crippen MR) is 128 cm³/mol. The molecule has 1 aliphatic rings. The SMILES string of the molecule is CC(C)S(=O)(=O)N1CCN(c2cnn(-c3cccc(F)c3)c(=O)c2-c2ccc(Cl)cc2)CC1. The molecule has 33 heavy (non-hydrogen) atoms. The molecular weight excluding hydrogens is 467 g/mol. The number of benzene rings is 2. The maximum Gasteiger partial charge on any atom is 0.281 e. The highest BCUT2D eigenvalue weighted by Gasteiger charge is 2.31. The molecule has 0 atom stereocenters. The Hall–Kier alpha value is -2.75. The summed E-state index contributed by atoms with van der Waals surface area (Å²) in [5, 5.41) is 4.34. The second-order valence-corrected chi connectivity index (χ2v) is 11.0. The zero-order chi connectivity index (χ0) is 23.8. The first-order valence-electron chi connectivity index (χ1n) is 10.6. The highest BCUT2D eigenvalue weighted by atomic mass is 35.5. The summed E-state index contributed by atoms with van der Waals surface area (Å²) in [4.78, 5) is 15.5. The average molecular weight is 491 g/mol. The summed E-state index contributed by atoms with van der Waals surface area (Å²) < 4.78 is 41.5. The highest BCUT2D eigenvalue weighted by Crippen LogP contribution is 2.30. The van der Waals surface area contributed by atoms with E-state index in [1.807, 2.05) is 4.90 Å². The van der Waals surface area contributed by atoms with Crippen molar-refractivity contribution in [1.29, 1.82) is 0 Å². The quantitative estimate of drug-likeness (QED) is 0.546. The molecule has 1 aromatic heterocycles. The first-order valence-corrected chi connectivity index (χ1v) is 12.4. The number of piperazine rings is 1. The van der Waals surface area contributed by atoms with Gasteiger partial charge in [-0.05, 0) is 49.7 Å². The van der Waals surface area contributed by atoms with Gasteiger partial charge in [0.25, 0.3) is 5.56 Å². The van der Waals surface area contributed by atoms with Crippen LogP contribution in [0.4, 0.5) is 10.1 Å². The Morgan fingerprint density at radius 3 is 2.30 bits per heavy atom. The summed E-state index contributed by atoms with van der Waals surface area (Å²) in [7, 11) is -3.35. The summed E-state index contributed by atoms with van der Waals surface area (Å²) in [6.45, 7) is 4.78. The van der Waals surface area contributed by atoms with Gasteiger partial charge in [0.15, 0.2) is 0 Å². The number of nitrogens with zero attached hydrogens (tertiary/aromatic N) is 4. The highest BCUT2D eigenvalue weighted by molar-refractivity contribution is 7.89. The van der Waals surface area contributed by atoms with Crippen molar-refractivity contribution in [2.24, 2.45) is 0 Å². The van der Waals surface area contributed by atoms with Crippen LogP contribution in [0.3, 0.4) is 0 Å². The molecule has 0 bridgehead atoms. The van der Waals surface area contributed by atoms with Crippen molar-refractivity contribution in [3.63, 3.8) is 0 Å². The zero-order valence-electron chi connectivity index (χ0n) is 18.3. The zero-order valence-corrected chi connectivity index (χ0v) is 19.9. The number of hydrogen-bond donors (Lipinski definition) is 0. The van der Waals surface area contributed by atoms with Crippen molar-refractivity contribution in [3.8, 4) is 16.8 Å². The fourth-order valence-corrected chi connectivity index (χ4v) is 5.24. The monoisotopic (exact) mass is 490 g/mol. The maximum absolute atomic E-state index is 13.8. The Morgan fingerprint density at radius 2 is 1.70 bits per heavy atom. The molecular formula is C23H24ClFN4O3S. The molecule has 0 N–H and O–H groups in total. The Balaban J connectivity index is 1.77. The number of anilines is 1. The molecule has 174 valence electrons. The smallest absolute Gasteiger partial charge is 0.281 e. The van der Waals surface area contributed by atoms with Crippen molar-refractivity contribution < 1.29 is 12.8 Å². The van der Waals surface area contributed by atoms with Gasteiger partial charge in [-0.3, -0.25) is 4.79 Å². The van der Waals surface area contributed by atoms with E-state index in [2.05, 4.69) is 5.10 Å². The van der Waals surface area contributed by atoms with E-state index in [1.54, 1.807) is 50.4 Å². The molecule has 0 saturated carbocycles. The Kier molecular flexibility index (Phi) is 6.56. The molecule has 2 heterocycles. The lowest BCUT2D eigenvalue weighted by molar-refractivity contribution is 0.381. The van der Waals surface area contributed by atoms with Gasteiger partial charge in [0.05, 0.1) is 28.4 Å². The van der Waals surface area contributed by atoms with Crippen LogP contribution in [-0.4, -0.2) is 53.9 Å². The van der Waals surface area contributed by atoms with Gasteiger partial charge in [-0.1, -0.05) is 29.8 Å². The summed E-state index contributed by atoms with van der Waals surface area (Å²) in [5.41, 5.74) is 1.54. The van der Waals surface area contributed by atoms with Gasteiger partial charge < -0.3 is 4.90 Å². The molecule has 0 aliphatic carbocycles. The number of sulfonamides is 1. The molecule has 3 aromatic rings. The molecule has 2 aromatic carbocycles. The van der Waals surface area contributed by atoms with Crippen LogP contribution in [-0.2, 0) is 10.0 Å². The van der Waals surface area contributed by atoms with Crippen molar-refractivity contribution >= 4 is 27.3 Å². The summed E-state index contributed by atoms with van der Waals surface area (Å²) in [5.74, 6) is -0.471. The maximum atomic E-state index is 13.8. The number of halogens is 2. The van der Waals surface area contributed by atoms with Crippen LogP contribution >= 0.6 is 11.6 Å². The van der Waals surface area contributed by atoms with E-state index in [4.69, 9.17) is 11.6 Å². The largest absolute Gasteiger partial charge is 0.367 e. The summed E-state index contributed by atoms with van der Waals surface area (Å²) in [6, 6.07) is 12.6. The minimum atomic E-state index is -3.35. The molecule has 1 aliphatic heterocycles. The van der Waals surface area contributed by atoms with Crippen molar-refractivity contribution in [3.05, 3.63) is 75.9 Å². The van der Waals surface area contributed by atoms with Gasteiger partial charge in [-0.25, -0.2) is 12.8 Å². The van der Waals surface area contributed by atoms with E-state index in [-0.39, 0.29) is 0 Å². The first kappa shape index (κ1) is 23.4. The second kappa shape index (κ2) is 9.24. The van der Waals surface area contributed by atoms with Crippen LogP contribution in [0.2, 0.25) is 5.02 Å². The standard InChI is InChI=1S/C23H24ClFN4O3S/c1-16(2)33(31,32)28-12-10-27(11-13-28)21-15-26-29(20-5-3-4-19(25)14-20)23(30)22(21)17-6-8-18(24)9-7-17/h3-9,14-16H,10-13H2,1-2H3. The molecule has 0 unspecified atom stereocenters. The molecule has 0 spiro atoms. The Labute approximate surface area is 197 Å². The van der Waals surface area contributed by atoms with Gasteiger partial charge >= 0.3 is 0 Å². The molecule has 0 amide bonds. The van der Waals surface area contributed by atoms with Gasteiger partial charge in [0.2, 0.25) is 10.0 Å². The number of aromatic nitrogens is 2. The van der Waals surface area contributed by atoms with Crippen LogP contribution < -0.4 is 10.5 Å². The number of hydrogen-bond acceptors (Lipinski definition) is 5. The molecule has 10 heteroatoms. The molecule has 0 radical (unpaired) electrons. The summed E-state index contributed by atoms with van der Waals surface area (Å²) >= 11 is 6.05. The fourth-order valence-electron chi connectivity index (χ4n) is 3.85. The fraction of sp³-hybridized carbons (Fsp3) is 0.304. The van der Waals surface area contributed by atoms with E-state index in [0.717, 1.165) is 4.68 Å². The van der Waals surface area contributed by atoms with Crippen molar-refractivity contribution in [2.75, 3.05) is 31.1 Å². The Morgan fingerprint density at radius 1 is 1.03 bits per heavy atom. The van der Waals surface area contributed by atoms with E-state index in [1.165, 1.54) is 22.5 Å². The van der Waals surface area contributed by atoms with Crippen molar-refractivity contribution in [1.82, 2.24) is 14.1 Å². The van der Waals surface area contributed by atoms with Gasteiger partial charge in [0.1, 0.15) is 5.82 Å². The molecule has 1 saturated heterocycles. The van der Waals surface area contributed by atoms with Gasteiger partial charge in [-0.2, -0.15) is 14.1 Å². The minimum absolute atomic E-state index is 0.313. The lowest BCUT2D eigenvalue weighted by Crippen LogP contribution is -2.50. The van der Waals surface area contributed by atoms with E-state index < -0.39 is 26.6 Å². The molecule has 4 rings (SSSR count). The van der Waals surface area contributed by atoms with E-state index >= 15 is 0 Å². The van der Waals surface area contributed by atoms with Gasteiger partial charge in [-0.15, -0.1) is 0 Å². The van der Waals surface area contributed by atoms with Crippen LogP contribution in [0.5, 0.6) is 0 Å².